The molecule has 0 aliphatic carbocycles. The third-order valence-corrected chi connectivity index (χ3v) is 1.05. The van der Waals surface area contributed by atoms with E-state index >= 15 is 0 Å². The smallest absolute Gasteiger partial charge is 0.326 e. The topological polar surface area (TPSA) is 104 Å². The molecule has 12 heavy (non-hydrogen) atoms. The Bertz CT molecular complexity index is 200. The summed E-state index contributed by atoms with van der Waals surface area (Å²) in [5.41, 5.74) is 0. The van der Waals surface area contributed by atoms with Gasteiger partial charge in [0, 0.05) is 0 Å². The second-order valence-corrected chi connectivity index (χ2v) is 2.19. The van der Waals surface area contributed by atoms with E-state index in [2.05, 4.69) is 0 Å². The van der Waals surface area contributed by atoms with E-state index in [4.69, 9.17) is 10.2 Å². The van der Waals surface area contributed by atoms with Gasteiger partial charge in [0.25, 0.3) is 0 Å². The first-order chi connectivity index (χ1) is 5.43. The van der Waals surface area contributed by atoms with Crippen molar-refractivity contribution in [2.24, 2.45) is 0 Å². The van der Waals surface area contributed by atoms with Crippen molar-refractivity contribution in [1.29, 1.82) is 0 Å². The molecule has 1 amide bonds. The Hall–Kier alpha value is -1.53. The molecule has 0 aromatic heterocycles. The Morgan fingerprint density at radius 2 is 1.83 bits per heavy atom. The summed E-state index contributed by atoms with van der Waals surface area (Å²) in [6, 6.07) is -1.35. The summed E-state index contributed by atoms with van der Waals surface area (Å²) in [7, 11) is 1.12. The monoisotopic (exact) mass is 173 g/mol. The molecule has 0 bridgehead atoms. The molecule has 0 fully saturated rings. The molecular weight excluding hydrogens is 165 g/mol. The van der Waals surface area contributed by atoms with Gasteiger partial charge in [-0.15, -0.1) is 0 Å². The molecular formula is C5H8BNO5. The first-order valence-electron chi connectivity index (χ1n) is 3.15. The van der Waals surface area contributed by atoms with Crippen LogP contribution in [0.2, 0.25) is 0 Å². The van der Waals surface area contributed by atoms with Gasteiger partial charge in [-0.25, -0.2) is 4.79 Å². The van der Waals surface area contributed by atoms with Crippen LogP contribution >= 0.6 is 0 Å². The van der Waals surface area contributed by atoms with Crippen LogP contribution in [-0.2, 0) is 9.59 Å². The Morgan fingerprint density at radius 3 is 2.08 bits per heavy atom. The predicted molar refractivity (Wildman–Crippen MR) is 40.8 cm³/mol. The minimum absolute atomic E-state index is 0.566. The van der Waals surface area contributed by atoms with Crippen molar-refractivity contribution >= 4 is 25.6 Å². The van der Waals surface area contributed by atoms with E-state index in [0.717, 1.165) is 7.85 Å². The SMILES string of the molecule is BC(=O)NC(CC(=O)O)C(=O)O. The summed E-state index contributed by atoms with van der Waals surface area (Å²) < 4.78 is 0. The molecule has 0 aromatic rings. The minimum Gasteiger partial charge on any atom is -0.481 e. The number of rotatable bonds is 4. The van der Waals surface area contributed by atoms with Gasteiger partial charge in [0.15, 0.2) is 5.81 Å². The third kappa shape index (κ3) is 4.32. The van der Waals surface area contributed by atoms with Gasteiger partial charge in [-0.1, -0.05) is 0 Å². The van der Waals surface area contributed by atoms with Crippen LogP contribution in [0.3, 0.4) is 0 Å². The number of amides is 1. The maximum atomic E-state index is 10.4. The molecule has 0 radical (unpaired) electrons. The lowest BCUT2D eigenvalue weighted by Crippen LogP contribution is -2.41. The average Bonchev–Trinajstić information content (AvgIpc) is 1.83. The van der Waals surface area contributed by atoms with Gasteiger partial charge in [-0.05, 0) is 0 Å². The standard InChI is InChI=1S/C5H8BNO5/c6-5(12)7-2(4(10)11)1-3(8)9/h2H,1,6H2,(H,7,12)(H,8,9)(H,10,11). The fourth-order valence-electron chi connectivity index (χ4n) is 0.620. The van der Waals surface area contributed by atoms with Crippen LogP contribution in [0, 0.1) is 0 Å². The maximum absolute atomic E-state index is 10.4. The zero-order valence-corrected chi connectivity index (χ0v) is 6.40. The molecule has 0 rings (SSSR count). The minimum atomic E-state index is -1.35. The highest BCUT2D eigenvalue weighted by Gasteiger charge is 2.20. The molecule has 0 aliphatic heterocycles. The van der Waals surface area contributed by atoms with Crippen molar-refractivity contribution in [3.05, 3.63) is 0 Å². The predicted octanol–water partition coefficient (Wildman–Crippen LogP) is -1.74. The van der Waals surface area contributed by atoms with Crippen LogP contribution in [0.25, 0.3) is 0 Å². The highest BCUT2D eigenvalue weighted by atomic mass is 16.4. The zero-order chi connectivity index (χ0) is 9.72. The van der Waals surface area contributed by atoms with E-state index in [1.165, 1.54) is 0 Å². The van der Waals surface area contributed by atoms with Crippen LogP contribution < -0.4 is 5.32 Å². The first kappa shape index (κ1) is 10.5. The molecule has 0 saturated carbocycles. The molecule has 0 heterocycles. The van der Waals surface area contributed by atoms with E-state index < -0.39 is 30.2 Å². The van der Waals surface area contributed by atoms with E-state index in [-0.39, 0.29) is 0 Å². The van der Waals surface area contributed by atoms with E-state index in [1.807, 2.05) is 5.32 Å². The molecule has 0 aliphatic rings. The summed E-state index contributed by atoms with van der Waals surface area (Å²) in [5.74, 6) is -3.19. The van der Waals surface area contributed by atoms with Crippen LogP contribution in [0.5, 0.6) is 0 Å². The number of carboxylic acid groups (broad SMARTS) is 2. The molecule has 7 heteroatoms. The number of hydrogen-bond donors (Lipinski definition) is 3. The Balaban J connectivity index is 4.14. The highest BCUT2D eigenvalue weighted by Crippen LogP contribution is 1.91. The Morgan fingerprint density at radius 1 is 1.33 bits per heavy atom. The van der Waals surface area contributed by atoms with Gasteiger partial charge in [-0.3, -0.25) is 9.59 Å². The maximum Gasteiger partial charge on any atom is 0.326 e. The van der Waals surface area contributed by atoms with Gasteiger partial charge < -0.3 is 15.5 Å². The summed E-state index contributed by atoms with van der Waals surface area (Å²) in [5, 5.41) is 18.6. The second kappa shape index (κ2) is 4.37. The van der Waals surface area contributed by atoms with Gasteiger partial charge in [0.2, 0.25) is 7.85 Å². The highest BCUT2D eigenvalue weighted by molar-refractivity contribution is 6.57. The lowest BCUT2D eigenvalue weighted by atomic mass is 10.1. The molecule has 0 aromatic carbocycles. The van der Waals surface area contributed by atoms with Crippen LogP contribution in [-0.4, -0.2) is 41.8 Å². The largest absolute Gasteiger partial charge is 0.481 e. The van der Waals surface area contributed by atoms with Crippen molar-refractivity contribution in [1.82, 2.24) is 5.32 Å². The van der Waals surface area contributed by atoms with Crippen molar-refractivity contribution in [2.45, 2.75) is 12.5 Å². The van der Waals surface area contributed by atoms with Crippen molar-refractivity contribution < 1.29 is 24.6 Å². The molecule has 6 nitrogen and oxygen atoms in total. The van der Waals surface area contributed by atoms with E-state index in [9.17, 15) is 14.4 Å². The summed E-state index contributed by atoms with van der Waals surface area (Å²) >= 11 is 0. The number of aliphatic carboxylic acids is 2. The van der Waals surface area contributed by atoms with Crippen LogP contribution in [0.1, 0.15) is 6.42 Å². The summed E-state index contributed by atoms with van der Waals surface area (Å²) in [4.78, 5) is 30.7. The Labute approximate surface area is 69.0 Å². The molecule has 1 unspecified atom stereocenters. The number of nitrogens with one attached hydrogen (secondary N) is 1. The summed E-state index contributed by atoms with van der Waals surface area (Å²) in [6.07, 6.45) is -0.616. The van der Waals surface area contributed by atoms with Gasteiger partial charge in [0.1, 0.15) is 6.04 Å². The zero-order valence-electron chi connectivity index (χ0n) is 6.40. The van der Waals surface area contributed by atoms with Crippen molar-refractivity contribution in [3.8, 4) is 0 Å². The van der Waals surface area contributed by atoms with Crippen molar-refractivity contribution in [3.63, 3.8) is 0 Å². The van der Waals surface area contributed by atoms with Crippen LogP contribution in [0.4, 0.5) is 4.79 Å². The third-order valence-electron chi connectivity index (χ3n) is 1.05. The van der Waals surface area contributed by atoms with Gasteiger partial charge in [0.05, 0.1) is 6.42 Å². The molecule has 0 saturated heterocycles. The average molecular weight is 173 g/mol. The normalized spacial score (nSPS) is 11.7. The molecule has 66 valence electrons. The van der Waals surface area contributed by atoms with E-state index in [0.29, 0.717) is 0 Å². The molecule has 0 spiro atoms. The lowest BCUT2D eigenvalue weighted by Gasteiger charge is -2.09. The van der Waals surface area contributed by atoms with Crippen LogP contribution in [0.15, 0.2) is 0 Å². The van der Waals surface area contributed by atoms with Gasteiger partial charge >= 0.3 is 11.9 Å². The number of hydrogen-bond acceptors (Lipinski definition) is 3. The van der Waals surface area contributed by atoms with E-state index in [1.54, 1.807) is 0 Å². The first-order valence-corrected chi connectivity index (χ1v) is 3.15. The second-order valence-electron chi connectivity index (χ2n) is 2.19. The Kier molecular flexibility index (Phi) is 3.82. The lowest BCUT2D eigenvalue weighted by molar-refractivity contribution is -0.145. The molecule has 3 N–H and O–H groups in total. The fraction of sp³-hybridized carbons (Fsp3) is 0.400. The number of carbonyl (C=O) groups is 3. The number of carboxylic acids is 2. The quantitative estimate of drug-likeness (QED) is 0.437. The van der Waals surface area contributed by atoms with Crippen molar-refractivity contribution in [2.75, 3.05) is 0 Å². The summed E-state index contributed by atoms with van der Waals surface area (Å²) in [6.45, 7) is 0. The van der Waals surface area contributed by atoms with Gasteiger partial charge in [-0.2, -0.15) is 0 Å². The number of carbonyl (C=O) groups excluding carboxylic acids is 1. The fourth-order valence-corrected chi connectivity index (χ4v) is 0.620. The molecule has 1 atom stereocenters.